The first-order valence-electron chi connectivity index (χ1n) is 7.21. The molecule has 0 aliphatic rings. The maximum absolute atomic E-state index is 12.0. The molecule has 0 saturated heterocycles. The van der Waals surface area contributed by atoms with Crippen molar-refractivity contribution in [2.24, 2.45) is 0 Å². The van der Waals surface area contributed by atoms with Crippen LogP contribution in [0.15, 0.2) is 42.5 Å². The maximum atomic E-state index is 12.0. The molecule has 0 fully saturated rings. The van der Waals surface area contributed by atoms with Crippen LogP contribution in [0.4, 0.5) is 0 Å². The Hall–Kier alpha value is -2.33. The van der Waals surface area contributed by atoms with E-state index in [1.54, 1.807) is 18.2 Å². The number of aryl methyl sites for hydroxylation is 2. The number of nitrogens with one attached hydrogen (secondary N) is 1. The third kappa shape index (κ3) is 5.11. The summed E-state index contributed by atoms with van der Waals surface area (Å²) >= 11 is 6.01. The van der Waals surface area contributed by atoms with Crippen LogP contribution >= 0.6 is 11.6 Å². The molecule has 0 saturated carbocycles. The first kappa shape index (κ1) is 17.0. The maximum Gasteiger partial charge on any atom is 0.338 e. The van der Waals surface area contributed by atoms with Gasteiger partial charge in [0.15, 0.2) is 6.61 Å². The van der Waals surface area contributed by atoms with E-state index in [1.807, 2.05) is 38.1 Å². The highest BCUT2D eigenvalue weighted by atomic mass is 35.5. The van der Waals surface area contributed by atoms with Crippen LogP contribution in [-0.4, -0.2) is 18.5 Å². The second-order valence-corrected chi connectivity index (χ2v) is 5.73. The van der Waals surface area contributed by atoms with Crippen molar-refractivity contribution in [1.82, 2.24) is 5.32 Å². The van der Waals surface area contributed by atoms with Gasteiger partial charge in [-0.1, -0.05) is 47.0 Å². The third-order valence-electron chi connectivity index (χ3n) is 3.23. The molecule has 0 aromatic heterocycles. The number of amides is 1. The van der Waals surface area contributed by atoms with E-state index in [0.717, 1.165) is 16.7 Å². The number of rotatable bonds is 5. The number of benzene rings is 2. The van der Waals surface area contributed by atoms with Crippen LogP contribution in [0.3, 0.4) is 0 Å². The lowest BCUT2D eigenvalue weighted by atomic mass is 10.1. The highest BCUT2D eigenvalue weighted by molar-refractivity contribution is 6.31. The molecule has 120 valence electrons. The number of carbonyl (C=O) groups excluding carboxylic acids is 2. The fraction of sp³-hybridized carbons (Fsp3) is 0.222. The van der Waals surface area contributed by atoms with Crippen LogP contribution in [0.2, 0.25) is 5.02 Å². The monoisotopic (exact) mass is 331 g/mol. The normalized spacial score (nSPS) is 10.2. The van der Waals surface area contributed by atoms with Gasteiger partial charge in [-0.05, 0) is 37.6 Å². The highest BCUT2D eigenvalue weighted by Crippen LogP contribution is 2.14. The average Bonchev–Trinajstić information content (AvgIpc) is 2.51. The second kappa shape index (κ2) is 7.79. The van der Waals surface area contributed by atoms with Crippen molar-refractivity contribution >= 4 is 23.5 Å². The third-order valence-corrected chi connectivity index (χ3v) is 3.59. The fourth-order valence-electron chi connectivity index (χ4n) is 2.19. The lowest BCUT2D eigenvalue weighted by molar-refractivity contribution is -0.124. The molecule has 0 bridgehead atoms. The van der Waals surface area contributed by atoms with E-state index >= 15 is 0 Å². The van der Waals surface area contributed by atoms with Crippen molar-refractivity contribution in [3.8, 4) is 0 Å². The largest absolute Gasteiger partial charge is 0.452 e. The Morgan fingerprint density at radius 2 is 1.74 bits per heavy atom. The van der Waals surface area contributed by atoms with Gasteiger partial charge in [-0.15, -0.1) is 0 Å². The number of hydrogen-bond acceptors (Lipinski definition) is 3. The van der Waals surface area contributed by atoms with Gasteiger partial charge in [-0.2, -0.15) is 0 Å². The van der Waals surface area contributed by atoms with Crippen molar-refractivity contribution in [3.63, 3.8) is 0 Å². The van der Waals surface area contributed by atoms with E-state index in [0.29, 0.717) is 17.1 Å². The van der Waals surface area contributed by atoms with Gasteiger partial charge in [-0.25, -0.2) is 4.79 Å². The highest BCUT2D eigenvalue weighted by Gasteiger charge is 2.11. The lowest BCUT2D eigenvalue weighted by Gasteiger charge is -2.08. The van der Waals surface area contributed by atoms with Crippen molar-refractivity contribution in [3.05, 3.63) is 69.7 Å². The van der Waals surface area contributed by atoms with E-state index in [1.165, 1.54) is 0 Å². The minimum absolute atomic E-state index is 0.291. The molecule has 0 heterocycles. The Morgan fingerprint density at radius 1 is 1.09 bits per heavy atom. The Labute approximate surface area is 140 Å². The topological polar surface area (TPSA) is 55.4 Å². The molecule has 0 aliphatic heterocycles. The number of ether oxygens (including phenoxy) is 1. The summed E-state index contributed by atoms with van der Waals surface area (Å²) in [5, 5.41) is 3.25. The van der Waals surface area contributed by atoms with E-state index < -0.39 is 5.97 Å². The van der Waals surface area contributed by atoms with E-state index in [9.17, 15) is 9.59 Å². The molecule has 0 unspecified atom stereocenters. The molecule has 4 nitrogen and oxygen atoms in total. The zero-order valence-corrected chi connectivity index (χ0v) is 13.8. The smallest absolute Gasteiger partial charge is 0.338 e. The van der Waals surface area contributed by atoms with Crippen LogP contribution in [0, 0.1) is 13.8 Å². The van der Waals surface area contributed by atoms with Gasteiger partial charge in [0.05, 0.1) is 5.56 Å². The zero-order valence-electron chi connectivity index (χ0n) is 13.1. The standard InChI is InChI=1S/C18H18ClNO3/c1-12-7-13(2)9-15(8-12)18(22)23-11-17(21)20-10-14-5-3-4-6-16(14)19/h3-9H,10-11H2,1-2H3,(H,20,21). The number of hydrogen-bond donors (Lipinski definition) is 1. The minimum atomic E-state index is -0.510. The predicted octanol–water partition coefficient (Wildman–Crippen LogP) is 3.43. The molecule has 1 amide bonds. The number of halogens is 1. The van der Waals surface area contributed by atoms with Crippen LogP contribution < -0.4 is 5.32 Å². The lowest BCUT2D eigenvalue weighted by Crippen LogP contribution is -2.28. The molecule has 5 heteroatoms. The van der Waals surface area contributed by atoms with Crippen molar-refractivity contribution in [1.29, 1.82) is 0 Å². The summed E-state index contributed by atoms with van der Waals surface area (Å²) in [6, 6.07) is 12.7. The molecule has 1 N–H and O–H groups in total. The summed E-state index contributed by atoms with van der Waals surface area (Å²) < 4.78 is 5.03. The van der Waals surface area contributed by atoms with Crippen LogP contribution in [-0.2, 0) is 16.1 Å². The van der Waals surface area contributed by atoms with Crippen LogP contribution in [0.1, 0.15) is 27.0 Å². The van der Waals surface area contributed by atoms with Crippen molar-refractivity contribution < 1.29 is 14.3 Å². The molecule has 2 rings (SSSR count). The van der Waals surface area contributed by atoms with Gasteiger partial charge in [0.25, 0.3) is 5.91 Å². The van der Waals surface area contributed by atoms with Crippen molar-refractivity contribution in [2.75, 3.05) is 6.61 Å². The Morgan fingerprint density at radius 3 is 2.39 bits per heavy atom. The zero-order chi connectivity index (χ0) is 16.8. The van der Waals surface area contributed by atoms with Crippen LogP contribution in [0.25, 0.3) is 0 Å². The predicted molar refractivity (Wildman–Crippen MR) is 89.5 cm³/mol. The average molecular weight is 332 g/mol. The van der Waals surface area contributed by atoms with E-state index in [2.05, 4.69) is 5.32 Å². The van der Waals surface area contributed by atoms with Crippen molar-refractivity contribution in [2.45, 2.75) is 20.4 Å². The van der Waals surface area contributed by atoms with Gasteiger partial charge >= 0.3 is 5.97 Å². The van der Waals surface area contributed by atoms with Gasteiger partial charge in [0.1, 0.15) is 0 Å². The molecular formula is C18H18ClNO3. The summed E-state index contributed by atoms with van der Waals surface area (Å²) in [6.07, 6.45) is 0. The number of esters is 1. The summed E-state index contributed by atoms with van der Waals surface area (Å²) in [6.45, 7) is 3.77. The van der Waals surface area contributed by atoms with Gasteiger partial charge in [0, 0.05) is 11.6 Å². The van der Waals surface area contributed by atoms with Crippen LogP contribution in [0.5, 0.6) is 0 Å². The summed E-state index contributed by atoms with van der Waals surface area (Å²) in [5.74, 6) is -0.882. The van der Waals surface area contributed by atoms with Gasteiger partial charge in [-0.3, -0.25) is 4.79 Å². The molecule has 2 aromatic carbocycles. The van der Waals surface area contributed by atoms with Gasteiger partial charge in [0.2, 0.25) is 0 Å². The number of carbonyl (C=O) groups is 2. The first-order valence-corrected chi connectivity index (χ1v) is 7.59. The molecular weight excluding hydrogens is 314 g/mol. The molecule has 0 aliphatic carbocycles. The second-order valence-electron chi connectivity index (χ2n) is 5.32. The van der Waals surface area contributed by atoms with E-state index in [4.69, 9.17) is 16.3 Å². The Bertz CT molecular complexity index is 708. The summed E-state index contributed by atoms with van der Waals surface area (Å²) in [4.78, 5) is 23.7. The minimum Gasteiger partial charge on any atom is -0.452 e. The van der Waals surface area contributed by atoms with E-state index in [-0.39, 0.29) is 12.5 Å². The quantitative estimate of drug-likeness (QED) is 0.854. The fourth-order valence-corrected chi connectivity index (χ4v) is 2.40. The molecule has 0 spiro atoms. The first-order chi connectivity index (χ1) is 11.0. The van der Waals surface area contributed by atoms with Gasteiger partial charge < -0.3 is 10.1 Å². The Kier molecular flexibility index (Phi) is 5.77. The Balaban J connectivity index is 1.84. The SMILES string of the molecule is Cc1cc(C)cc(C(=O)OCC(=O)NCc2ccccc2Cl)c1. The summed E-state index contributed by atoms with van der Waals surface area (Å²) in [7, 11) is 0. The molecule has 0 atom stereocenters. The molecule has 2 aromatic rings. The summed E-state index contributed by atoms with van der Waals surface area (Å²) in [5.41, 5.74) is 3.20. The molecule has 23 heavy (non-hydrogen) atoms. The molecule has 0 radical (unpaired) electrons.